The van der Waals surface area contributed by atoms with E-state index in [1.165, 1.54) is 12.1 Å². The summed E-state index contributed by atoms with van der Waals surface area (Å²) in [5, 5.41) is 3.24. The van der Waals surface area contributed by atoms with Crippen LogP contribution in [0, 0.1) is 18.6 Å². The lowest BCUT2D eigenvalue weighted by Crippen LogP contribution is -2.24. The molecular formula is C15H13F2NO. The minimum atomic E-state index is -0.577. The number of nitrogens with one attached hydrogen (secondary N) is 1. The quantitative estimate of drug-likeness (QED) is 0.842. The molecule has 1 aliphatic rings. The van der Waals surface area contributed by atoms with Gasteiger partial charge >= 0.3 is 0 Å². The summed E-state index contributed by atoms with van der Waals surface area (Å²) in [6, 6.07) is 9.07. The number of benzene rings is 2. The molecule has 0 bridgehead atoms. The van der Waals surface area contributed by atoms with E-state index in [0.29, 0.717) is 12.2 Å². The van der Waals surface area contributed by atoms with E-state index in [1.54, 1.807) is 0 Å². The van der Waals surface area contributed by atoms with Gasteiger partial charge in [-0.2, -0.15) is 0 Å². The van der Waals surface area contributed by atoms with Gasteiger partial charge in [0.25, 0.3) is 0 Å². The SMILES string of the molecule is Cc1ccc2c(c1)OC[C@H](c1cc(F)cc(F)c1)N2. The first-order chi connectivity index (χ1) is 9.11. The van der Waals surface area contributed by atoms with Gasteiger partial charge in [0.2, 0.25) is 0 Å². The molecule has 1 heterocycles. The third kappa shape index (κ3) is 2.38. The molecule has 1 aliphatic heterocycles. The molecule has 0 unspecified atom stereocenters. The number of hydrogen-bond acceptors (Lipinski definition) is 2. The molecule has 0 spiro atoms. The van der Waals surface area contributed by atoms with Gasteiger partial charge in [-0.1, -0.05) is 6.07 Å². The zero-order valence-corrected chi connectivity index (χ0v) is 10.4. The first-order valence-corrected chi connectivity index (χ1v) is 6.08. The molecule has 1 N–H and O–H groups in total. The van der Waals surface area contributed by atoms with Crippen LogP contribution < -0.4 is 10.1 Å². The van der Waals surface area contributed by atoms with Gasteiger partial charge in [-0.15, -0.1) is 0 Å². The van der Waals surface area contributed by atoms with Crippen molar-refractivity contribution >= 4 is 5.69 Å². The molecule has 4 heteroatoms. The second-order valence-corrected chi connectivity index (χ2v) is 4.71. The van der Waals surface area contributed by atoms with Crippen molar-refractivity contribution in [3.8, 4) is 5.75 Å². The van der Waals surface area contributed by atoms with Crippen LogP contribution in [-0.2, 0) is 0 Å². The van der Waals surface area contributed by atoms with E-state index < -0.39 is 11.6 Å². The number of ether oxygens (including phenoxy) is 1. The smallest absolute Gasteiger partial charge is 0.142 e. The summed E-state index contributed by atoms with van der Waals surface area (Å²) < 4.78 is 32.1. The molecule has 0 amide bonds. The zero-order chi connectivity index (χ0) is 13.4. The first kappa shape index (κ1) is 12.0. The lowest BCUT2D eigenvalue weighted by Gasteiger charge is -2.28. The summed E-state index contributed by atoms with van der Waals surface area (Å²) >= 11 is 0. The Labute approximate surface area is 110 Å². The normalized spacial score (nSPS) is 17.3. The summed E-state index contributed by atoms with van der Waals surface area (Å²) in [7, 11) is 0. The maximum Gasteiger partial charge on any atom is 0.142 e. The highest BCUT2D eigenvalue weighted by molar-refractivity contribution is 5.60. The van der Waals surface area contributed by atoms with Gasteiger partial charge in [0, 0.05) is 6.07 Å². The lowest BCUT2D eigenvalue weighted by atomic mass is 10.0. The lowest BCUT2D eigenvalue weighted by molar-refractivity contribution is 0.286. The van der Waals surface area contributed by atoms with Gasteiger partial charge < -0.3 is 10.1 Å². The Morgan fingerprint density at radius 3 is 2.58 bits per heavy atom. The highest BCUT2D eigenvalue weighted by atomic mass is 19.1. The van der Waals surface area contributed by atoms with Crippen LogP contribution >= 0.6 is 0 Å². The predicted molar refractivity (Wildman–Crippen MR) is 69.4 cm³/mol. The second-order valence-electron chi connectivity index (χ2n) is 4.71. The van der Waals surface area contributed by atoms with Crippen LogP contribution in [0.4, 0.5) is 14.5 Å². The van der Waals surface area contributed by atoms with Crippen molar-refractivity contribution in [3.05, 3.63) is 59.2 Å². The van der Waals surface area contributed by atoms with E-state index in [1.807, 2.05) is 25.1 Å². The second kappa shape index (κ2) is 4.53. The van der Waals surface area contributed by atoms with Crippen LogP contribution in [0.2, 0.25) is 0 Å². The minimum absolute atomic E-state index is 0.250. The van der Waals surface area contributed by atoms with Crippen LogP contribution in [0.25, 0.3) is 0 Å². The minimum Gasteiger partial charge on any atom is -0.489 e. The molecule has 1 atom stereocenters. The fourth-order valence-electron chi connectivity index (χ4n) is 2.23. The molecule has 2 aromatic rings. The molecule has 0 saturated carbocycles. The molecule has 2 aromatic carbocycles. The van der Waals surface area contributed by atoms with E-state index in [0.717, 1.165) is 23.1 Å². The Bertz CT molecular complexity index is 607. The number of anilines is 1. The molecule has 0 aliphatic carbocycles. The van der Waals surface area contributed by atoms with E-state index in [9.17, 15) is 8.78 Å². The molecule has 0 aromatic heterocycles. The fourth-order valence-corrected chi connectivity index (χ4v) is 2.23. The van der Waals surface area contributed by atoms with Gasteiger partial charge in [0.1, 0.15) is 24.0 Å². The summed E-state index contributed by atoms with van der Waals surface area (Å²) in [5.74, 6) is -0.383. The maximum atomic E-state index is 13.2. The van der Waals surface area contributed by atoms with Gasteiger partial charge in [0.05, 0.1) is 11.7 Å². The van der Waals surface area contributed by atoms with Crippen LogP contribution in [0.3, 0.4) is 0 Å². The highest BCUT2D eigenvalue weighted by Gasteiger charge is 2.21. The standard InChI is InChI=1S/C15H13F2NO/c1-9-2-3-13-15(4-9)19-8-14(18-13)10-5-11(16)7-12(17)6-10/h2-7,14,18H,8H2,1H3/t14-/m1/s1. The summed E-state index contributed by atoms with van der Waals surface area (Å²) in [6.45, 7) is 2.33. The third-order valence-electron chi connectivity index (χ3n) is 3.16. The van der Waals surface area contributed by atoms with Crippen molar-refractivity contribution in [2.45, 2.75) is 13.0 Å². The van der Waals surface area contributed by atoms with Crippen molar-refractivity contribution in [2.75, 3.05) is 11.9 Å². The molecule has 2 nitrogen and oxygen atoms in total. The predicted octanol–water partition coefficient (Wildman–Crippen LogP) is 3.82. The van der Waals surface area contributed by atoms with Crippen LogP contribution in [-0.4, -0.2) is 6.61 Å². The third-order valence-corrected chi connectivity index (χ3v) is 3.16. The number of fused-ring (bicyclic) bond motifs is 1. The Morgan fingerprint density at radius 1 is 1.11 bits per heavy atom. The van der Waals surface area contributed by atoms with Crippen molar-refractivity contribution in [1.29, 1.82) is 0 Å². The number of halogens is 2. The van der Waals surface area contributed by atoms with E-state index in [-0.39, 0.29) is 6.04 Å². The average molecular weight is 261 g/mol. The Hall–Kier alpha value is -2.10. The summed E-state index contributed by atoms with van der Waals surface area (Å²) in [4.78, 5) is 0. The van der Waals surface area contributed by atoms with E-state index >= 15 is 0 Å². The average Bonchev–Trinajstić information content (AvgIpc) is 2.37. The topological polar surface area (TPSA) is 21.3 Å². The van der Waals surface area contributed by atoms with Crippen LogP contribution in [0.5, 0.6) is 5.75 Å². The molecule has 3 rings (SSSR count). The van der Waals surface area contributed by atoms with Crippen molar-refractivity contribution in [3.63, 3.8) is 0 Å². The zero-order valence-electron chi connectivity index (χ0n) is 10.4. The van der Waals surface area contributed by atoms with Crippen LogP contribution in [0.1, 0.15) is 17.2 Å². The maximum absolute atomic E-state index is 13.2. The Morgan fingerprint density at radius 2 is 1.84 bits per heavy atom. The highest BCUT2D eigenvalue weighted by Crippen LogP contribution is 2.34. The number of aryl methyl sites for hydroxylation is 1. The molecule has 0 saturated heterocycles. The molecule has 98 valence electrons. The summed E-state index contributed by atoms with van der Waals surface area (Å²) in [5.41, 5.74) is 2.49. The van der Waals surface area contributed by atoms with Crippen molar-refractivity contribution < 1.29 is 13.5 Å². The molecule has 0 radical (unpaired) electrons. The van der Waals surface area contributed by atoms with E-state index in [4.69, 9.17) is 4.74 Å². The van der Waals surface area contributed by atoms with Crippen molar-refractivity contribution in [1.82, 2.24) is 0 Å². The van der Waals surface area contributed by atoms with E-state index in [2.05, 4.69) is 5.32 Å². The van der Waals surface area contributed by atoms with Gasteiger partial charge in [0.15, 0.2) is 0 Å². The molecule has 0 fully saturated rings. The summed E-state index contributed by atoms with van der Waals surface area (Å²) in [6.07, 6.45) is 0. The van der Waals surface area contributed by atoms with Crippen LogP contribution in [0.15, 0.2) is 36.4 Å². The first-order valence-electron chi connectivity index (χ1n) is 6.08. The molecule has 19 heavy (non-hydrogen) atoms. The van der Waals surface area contributed by atoms with Crippen molar-refractivity contribution in [2.24, 2.45) is 0 Å². The fraction of sp³-hybridized carbons (Fsp3) is 0.200. The Kier molecular flexibility index (Phi) is 2.85. The number of rotatable bonds is 1. The Balaban J connectivity index is 1.91. The van der Waals surface area contributed by atoms with Gasteiger partial charge in [-0.05, 0) is 42.3 Å². The van der Waals surface area contributed by atoms with Gasteiger partial charge in [-0.25, -0.2) is 8.78 Å². The van der Waals surface area contributed by atoms with Gasteiger partial charge in [-0.3, -0.25) is 0 Å². The number of hydrogen-bond donors (Lipinski definition) is 1. The monoisotopic (exact) mass is 261 g/mol. The largest absolute Gasteiger partial charge is 0.489 e. The molecular weight excluding hydrogens is 248 g/mol.